The fourth-order valence-electron chi connectivity index (χ4n) is 1.87. The summed E-state index contributed by atoms with van der Waals surface area (Å²) >= 11 is 0. The van der Waals surface area contributed by atoms with E-state index in [9.17, 15) is 4.79 Å². The average molecular weight is 256 g/mol. The fourth-order valence-corrected chi connectivity index (χ4v) is 1.87. The topological polar surface area (TPSA) is 51.7 Å². The second-order valence-electron chi connectivity index (χ2n) is 4.01. The summed E-state index contributed by atoms with van der Waals surface area (Å²) in [6.07, 6.45) is 1.17. The maximum Gasteiger partial charge on any atom is 0.421 e. The van der Waals surface area contributed by atoms with Gasteiger partial charge in [-0.15, -0.1) is 0 Å². The number of hydrogen-bond donors (Lipinski definition) is 0. The number of hydrogen-bond acceptors (Lipinski definition) is 4. The van der Waals surface area contributed by atoms with Crippen LogP contribution in [0.5, 0.6) is 11.5 Å². The zero-order chi connectivity index (χ0) is 13.1. The fraction of sp³-hybridized carbons (Fsp3) is 0.143. The zero-order valence-electron chi connectivity index (χ0n) is 10.2. The van der Waals surface area contributed by atoms with Crippen LogP contribution in [0.15, 0.2) is 48.7 Å². The Morgan fingerprint density at radius 1 is 1.21 bits per heavy atom. The molecule has 0 aliphatic carbocycles. The maximum absolute atomic E-state index is 12.1. The summed E-state index contributed by atoms with van der Waals surface area (Å²) in [5.41, 5.74) is 0. The lowest BCUT2D eigenvalue weighted by Gasteiger charge is -2.27. The average Bonchev–Trinajstić information content (AvgIpc) is 2.47. The van der Waals surface area contributed by atoms with Gasteiger partial charge in [0, 0.05) is 6.20 Å². The van der Waals surface area contributed by atoms with Crippen molar-refractivity contribution in [2.45, 2.75) is 0 Å². The third-order valence-electron chi connectivity index (χ3n) is 2.75. The summed E-state index contributed by atoms with van der Waals surface area (Å²) in [7, 11) is 0. The molecule has 2 heterocycles. The molecule has 0 fully saturated rings. The van der Waals surface area contributed by atoms with Gasteiger partial charge in [0.15, 0.2) is 11.6 Å². The summed E-state index contributed by atoms with van der Waals surface area (Å²) in [6, 6.07) is 12.5. The van der Waals surface area contributed by atoms with Crippen LogP contribution in [-0.4, -0.2) is 24.2 Å². The van der Waals surface area contributed by atoms with Crippen LogP contribution in [0.4, 0.5) is 10.6 Å². The van der Waals surface area contributed by atoms with Gasteiger partial charge in [-0.05, 0) is 24.3 Å². The minimum atomic E-state index is -0.450. The predicted molar refractivity (Wildman–Crippen MR) is 69.5 cm³/mol. The highest BCUT2D eigenvalue weighted by Gasteiger charge is 2.26. The van der Waals surface area contributed by atoms with Gasteiger partial charge in [-0.1, -0.05) is 18.2 Å². The van der Waals surface area contributed by atoms with Gasteiger partial charge in [0.1, 0.15) is 12.4 Å². The Kier molecular flexibility index (Phi) is 3.02. The van der Waals surface area contributed by atoms with Gasteiger partial charge in [0.25, 0.3) is 0 Å². The predicted octanol–water partition coefficient (Wildman–Crippen LogP) is 2.48. The molecular formula is C14H12N2O3. The first kappa shape index (κ1) is 11.5. The number of anilines is 1. The molecule has 5 heteroatoms. The smallest absolute Gasteiger partial charge is 0.421 e. The van der Waals surface area contributed by atoms with Gasteiger partial charge >= 0.3 is 6.09 Å². The molecule has 0 bridgehead atoms. The van der Waals surface area contributed by atoms with E-state index in [1.807, 2.05) is 18.2 Å². The lowest BCUT2D eigenvalue weighted by atomic mass is 10.3. The van der Waals surface area contributed by atoms with Crippen LogP contribution >= 0.6 is 0 Å². The monoisotopic (exact) mass is 256 g/mol. The van der Waals surface area contributed by atoms with E-state index in [0.29, 0.717) is 30.5 Å². The molecule has 0 radical (unpaired) electrons. The van der Waals surface area contributed by atoms with E-state index >= 15 is 0 Å². The number of fused-ring (bicyclic) bond motifs is 1. The van der Waals surface area contributed by atoms with Gasteiger partial charge in [-0.3, -0.25) is 4.90 Å². The summed E-state index contributed by atoms with van der Waals surface area (Å²) in [5.74, 6) is 1.60. The zero-order valence-corrected chi connectivity index (χ0v) is 10.2. The molecular weight excluding hydrogens is 244 g/mol. The van der Waals surface area contributed by atoms with Crippen LogP contribution in [0.25, 0.3) is 0 Å². The quantitative estimate of drug-likeness (QED) is 0.786. The molecule has 2 aromatic rings. The van der Waals surface area contributed by atoms with Crippen molar-refractivity contribution in [1.29, 1.82) is 0 Å². The van der Waals surface area contributed by atoms with Gasteiger partial charge in [-0.2, -0.15) is 0 Å². The second-order valence-corrected chi connectivity index (χ2v) is 4.01. The number of amides is 1. The normalized spacial score (nSPS) is 13.4. The number of para-hydroxylation sites is 1. The Bertz CT molecular complexity index is 586. The molecule has 19 heavy (non-hydrogen) atoms. The first-order valence-electron chi connectivity index (χ1n) is 5.97. The van der Waals surface area contributed by atoms with Gasteiger partial charge in [-0.25, -0.2) is 9.78 Å². The number of benzene rings is 1. The molecule has 0 spiro atoms. The van der Waals surface area contributed by atoms with Crippen molar-refractivity contribution in [2.24, 2.45) is 0 Å². The molecule has 1 aromatic heterocycles. The highest BCUT2D eigenvalue weighted by molar-refractivity contribution is 5.90. The van der Waals surface area contributed by atoms with Crippen molar-refractivity contribution in [1.82, 2.24) is 4.98 Å². The van der Waals surface area contributed by atoms with Crippen LogP contribution in [0.1, 0.15) is 0 Å². The molecule has 5 nitrogen and oxygen atoms in total. The summed E-state index contributed by atoms with van der Waals surface area (Å²) < 4.78 is 10.7. The molecule has 96 valence electrons. The number of aromatic nitrogens is 1. The van der Waals surface area contributed by atoms with Gasteiger partial charge in [0.05, 0.1) is 6.54 Å². The molecule has 0 atom stereocenters. The number of pyridine rings is 1. The van der Waals surface area contributed by atoms with Crippen molar-refractivity contribution in [3.63, 3.8) is 0 Å². The third kappa shape index (κ3) is 2.35. The number of carbonyl (C=O) groups is 1. The van der Waals surface area contributed by atoms with Crippen LogP contribution in [-0.2, 0) is 0 Å². The van der Waals surface area contributed by atoms with Gasteiger partial charge < -0.3 is 9.47 Å². The molecule has 0 unspecified atom stereocenters. The lowest BCUT2D eigenvalue weighted by Crippen LogP contribution is -2.40. The van der Waals surface area contributed by atoms with E-state index in [1.165, 1.54) is 4.90 Å². The second kappa shape index (κ2) is 4.97. The summed E-state index contributed by atoms with van der Waals surface area (Å²) in [4.78, 5) is 17.8. The largest absolute Gasteiger partial charge is 0.488 e. The number of ether oxygens (including phenoxy) is 2. The SMILES string of the molecule is O=C(Oc1ccccc1)N1CCOc2cccnc21. The van der Waals surface area contributed by atoms with E-state index < -0.39 is 6.09 Å². The first-order chi connectivity index (χ1) is 9.34. The summed E-state index contributed by atoms with van der Waals surface area (Å²) in [5, 5.41) is 0. The van der Waals surface area contributed by atoms with Crippen molar-refractivity contribution >= 4 is 11.9 Å². The highest BCUT2D eigenvalue weighted by atomic mass is 16.6. The highest BCUT2D eigenvalue weighted by Crippen LogP contribution is 2.29. The van der Waals surface area contributed by atoms with Crippen LogP contribution in [0, 0.1) is 0 Å². The summed E-state index contributed by atoms with van der Waals surface area (Å²) in [6.45, 7) is 0.859. The molecule has 1 aliphatic heterocycles. The van der Waals surface area contributed by atoms with Crippen molar-refractivity contribution < 1.29 is 14.3 Å². The third-order valence-corrected chi connectivity index (χ3v) is 2.75. The van der Waals surface area contributed by atoms with Crippen molar-refractivity contribution in [3.05, 3.63) is 48.7 Å². The Hall–Kier alpha value is -2.56. The number of nitrogens with zero attached hydrogens (tertiary/aromatic N) is 2. The van der Waals surface area contributed by atoms with E-state index in [1.54, 1.807) is 30.5 Å². The van der Waals surface area contributed by atoms with Gasteiger partial charge in [0.2, 0.25) is 0 Å². The number of carbonyl (C=O) groups excluding carboxylic acids is 1. The minimum absolute atomic E-state index is 0.426. The molecule has 3 rings (SSSR count). The van der Waals surface area contributed by atoms with E-state index in [-0.39, 0.29) is 0 Å². The minimum Gasteiger partial charge on any atom is -0.488 e. The number of rotatable bonds is 1. The first-order valence-corrected chi connectivity index (χ1v) is 5.97. The Labute approximate surface area is 110 Å². The Morgan fingerprint density at radius 2 is 2.05 bits per heavy atom. The molecule has 0 N–H and O–H groups in total. The molecule has 1 aromatic carbocycles. The standard InChI is InChI=1S/C14H12N2O3/c17-14(19-11-5-2-1-3-6-11)16-9-10-18-12-7-4-8-15-13(12)16/h1-8H,9-10H2. The molecule has 0 saturated carbocycles. The molecule has 1 aliphatic rings. The van der Waals surface area contributed by atoms with E-state index in [2.05, 4.69) is 4.98 Å². The van der Waals surface area contributed by atoms with Crippen LogP contribution in [0.2, 0.25) is 0 Å². The van der Waals surface area contributed by atoms with Crippen molar-refractivity contribution in [3.8, 4) is 11.5 Å². The van der Waals surface area contributed by atoms with Crippen LogP contribution in [0.3, 0.4) is 0 Å². The molecule has 0 saturated heterocycles. The Balaban J connectivity index is 1.82. The molecule has 1 amide bonds. The van der Waals surface area contributed by atoms with E-state index in [0.717, 1.165) is 0 Å². The maximum atomic E-state index is 12.1. The Morgan fingerprint density at radius 3 is 2.89 bits per heavy atom. The lowest BCUT2D eigenvalue weighted by molar-refractivity contribution is 0.202. The van der Waals surface area contributed by atoms with E-state index in [4.69, 9.17) is 9.47 Å². The van der Waals surface area contributed by atoms with Crippen molar-refractivity contribution in [2.75, 3.05) is 18.1 Å². The van der Waals surface area contributed by atoms with Crippen LogP contribution < -0.4 is 14.4 Å².